The molecule has 7 nitrogen and oxygen atoms in total. The zero-order valence-electron chi connectivity index (χ0n) is 17.1. The molecular weight excluding hydrogens is 398 g/mol. The number of anilines is 2. The molecule has 0 unspecified atom stereocenters. The molecule has 0 bridgehead atoms. The molecule has 8 heteroatoms. The van der Waals surface area contributed by atoms with Crippen LogP contribution in [0.5, 0.6) is 0 Å². The van der Waals surface area contributed by atoms with Gasteiger partial charge in [0, 0.05) is 50.0 Å². The molecule has 0 aliphatic carbocycles. The van der Waals surface area contributed by atoms with Gasteiger partial charge in [0.15, 0.2) is 0 Å². The summed E-state index contributed by atoms with van der Waals surface area (Å²) in [6, 6.07) is 12.2. The van der Waals surface area contributed by atoms with Gasteiger partial charge in [-0.05, 0) is 24.4 Å². The van der Waals surface area contributed by atoms with E-state index in [1.807, 2.05) is 30.0 Å². The van der Waals surface area contributed by atoms with Crippen molar-refractivity contribution >= 4 is 39.0 Å². The highest BCUT2D eigenvalue weighted by atomic mass is 32.1. The molecule has 30 heavy (non-hydrogen) atoms. The van der Waals surface area contributed by atoms with Gasteiger partial charge in [-0.15, -0.1) is 11.3 Å². The van der Waals surface area contributed by atoms with Crippen LogP contribution in [0.25, 0.3) is 10.1 Å². The summed E-state index contributed by atoms with van der Waals surface area (Å²) in [6.45, 7) is 8.06. The Hall–Kier alpha value is -2.71. The van der Waals surface area contributed by atoms with E-state index in [0.29, 0.717) is 13.1 Å². The molecule has 1 amide bonds. The Balaban J connectivity index is 1.27. The second-order valence-corrected chi connectivity index (χ2v) is 8.74. The van der Waals surface area contributed by atoms with Crippen LogP contribution in [-0.2, 0) is 4.74 Å². The van der Waals surface area contributed by atoms with Crippen molar-refractivity contribution in [2.75, 3.05) is 62.3 Å². The molecule has 2 fully saturated rings. The molecule has 0 N–H and O–H groups in total. The van der Waals surface area contributed by atoms with E-state index in [0.717, 1.165) is 71.8 Å². The average molecular weight is 424 g/mol. The minimum atomic E-state index is 0.128. The minimum absolute atomic E-state index is 0.128. The van der Waals surface area contributed by atoms with Gasteiger partial charge < -0.3 is 19.4 Å². The summed E-state index contributed by atoms with van der Waals surface area (Å²) >= 11 is 1.57. The van der Waals surface area contributed by atoms with Crippen LogP contribution in [-0.4, -0.2) is 73.3 Å². The molecule has 1 aromatic carbocycles. The summed E-state index contributed by atoms with van der Waals surface area (Å²) in [6.07, 6.45) is 0. The van der Waals surface area contributed by atoms with Gasteiger partial charge >= 0.3 is 0 Å². The standard InChI is InChI=1S/C22H25N5O2S/c1-16-23-20(15-21(24-16)26-10-12-29-13-11-26)25-6-8-27(9-7-25)22(28)19-14-17-4-2-3-5-18(17)30-19/h2-5,14-15H,6-13H2,1H3. The van der Waals surface area contributed by atoms with Gasteiger partial charge in [-0.3, -0.25) is 4.79 Å². The van der Waals surface area contributed by atoms with Crippen molar-refractivity contribution < 1.29 is 9.53 Å². The van der Waals surface area contributed by atoms with Crippen LogP contribution in [0.2, 0.25) is 0 Å². The summed E-state index contributed by atoms with van der Waals surface area (Å²) in [5, 5.41) is 1.14. The summed E-state index contributed by atoms with van der Waals surface area (Å²) in [5.74, 6) is 2.81. The Morgan fingerprint density at radius 3 is 2.30 bits per heavy atom. The fourth-order valence-corrected chi connectivity index (χ4v) is 5.07. The maximum atomic E-state index is 13.0. The van der Waals surface area contributed by atoms with Crippen molar-refractivity contribution in [1.29, 1.82) is 0 Å². The number of carbonyl (C=O) groups is 1. The maximum Gasteiger partial charge on any atom is 0.264 e. The van der Waals surface area contributed by atoms with Crippen LogP contribution in [0, 0.1) is 6.92 Å². The number of hydrogen-bond donors (Lipinski definition) is 0. The lowest BCUT2D eigenvalue weighted by Gasteiger charge is -2.36. The molecular formula is C22H25N5O2S. The fraction of sp³-hybridized carbons (Fsp3) is 0.409. The lowest BCUT2D eigenvalue weighted by Crippen LogP contribution is -2.49. The molecule has 3 aromatic rings. The van der Waals surface area contributed by atoms with Gasteiger partial charge in [-0.25, -0.2) is 9.97 Å². The number of thiophene rings is 1. The largest absolute Gasteiger partial charge is 0.378 e. The van der Waals surface area contributed by atoms with Crippen molar-refractivity contribution in [2.24, 2.45) is 0 Å². The van der Waals surface area contributed by atoms with E-state index in [-0.39, 0.29) is 5.91 Å². The van der Waals surface area contributed by atoms with E-state index < -0.39 is 0 Å². The number of morpholine rings is 1. The van der Waals surface area contributed by atoms with Crippen molar-refractivity contribution in [3.8, 4) is 0 Å². The average Bonchev–Trinajstić information content (AvgIpc) is 3.23. The lowest BCUT2D eigenvalue weighted by molar-refractivity contribution is 0.0751. The third kappa shape index (κ3) is 3.85. The van der Waals surface area contributed by atoms with Gasteiger partial charge in [0.2, 0.25) is 0 Å². The third-order valence-electron chi connectivity index (χ3n) is 5.67. The first kappa shape index (κ1) is 19.3. The number of benzene rings is 1. The fourth-order valence-electron chi connectivity index (χ4n) is 4.03. The molecule has 0 radical (unpaired) electrons. The zero-order chi connectivity index (χ0) is 20.5. The van der Waals surface area contributed by atoms with Gasteiger partial charge in [0.1, 0.15) is 17.5 Å². The monoisotopic (exact) mass is 423 g/mol. The number of ether oxygens (including phenoxy) is 1. The van der Waals surface area contributed by atoms with Crippen LogP contribution in [0.4, 0.5) is 11.6 Å². The highest BCUT2D eigenvalue weighted by Gasteiger charge is 2.25. The molecule has 156 valence electrons. The van der Waals surface area contributed by atoms with E-state index in [4.69, 9.17) is 4.74 Å². The predicted octanol–water partition coefficient (Wildman–Crippen LogP) is 2.80. The first-order chi connectivity index (χ1) is 14.7. The molecule has 4 heterocycles. The summed E-state index contributed by atoms with van der Waals surface area (Å²) in [5.41, 5.74) is 0. The summed E-state index contributed by atoms with van der Waals surface area (Å²) in [7, 11) is 0. The van der Waals surface area contributed by atoms with Crippen molar-refractivity contribution in [3.63, 3.8) is 0 Å². The highest BCUT2D eigenvalue weighted by Crippen LogP contribution is 2.27. The Morgan fingerprint density at radius 2 is 1.60 bits per heavy atom. The second-order valence-electron chi connectivity index (χ2n) is 7.66. The summed E-state index contributed by atoms with van der Waals surface area (Å²) in [4.78, 5) is 29.6. The Bertz CT molecular complexity index is 1020. The SMILES string of the molecule is Cc1nc(N2CCOCC2)cc(N2CCN(C(=O)c3cc4ccccc4s3)CC2)n1. The van der Waals surface area contributed by atoms with Crippen molar-refractivity contribution in [1.82, 2.24) is 14.9 Å². The maximum absolute atomic E-state index is 13.0. The Kier molecular flexibility index (Phi) is 5.26. The smallest absolute Gasteiger partial charge is 0.264 e. The number of nitrogens with zero attached hydrogens (tertiary/aromatic N) is 5. The number of aromatic nitrogens is 2. The minimum Gasteiger partial charge on any atom is -0.378 e. The Labute approximate surface area is 179 Å². The van der Waals surface area contributed by atoms with E-state index >= 15 is 0 Å². The van der Waals surface area contributed by atoms with Crippen LogP contribution in [0.15, 0.2) is 36.4 Å². The first-order valence-corrected chi connectivity index (χ1v) is 11.2. The normalized spacial score (nSPS) is 17.6. The topological polar surface area (TPSA) is 61.8 Å². The number of fused-ring (bicyclic) bond motifs is 1. The lowest BCUT2D eigenvalue weighted by atomic mass is 10.2. The summed E-state index contributed by atoms with van der Waals surface area (Å²) < 4.78 is 6.61. The van der Waals surface area contributed by atoms with E-state index in [9.17, 15) is 4.79 Å². The van der Waals surface area contributed by atoms with Gasteiger partial charge in [0.25, 0.3) is 5.91 Å². The molecule has 0 atom stereocenters. The molecule has 2 saturated heterocycles. The number of amides is 1. The Morgan fingerprint density at radius 1 is 0.933 bits per heavy atom. The predicted molar refractivity (Wildman–Crippen MR) is 120 cm³/mol. The van der Waals surface area contributed by atoms with Crippen LogP contribution in [0.1, 0.15) is 15.5 Å². The molecule has 5 rings (SSSR count). The molecule has 0 spiro atoms. The molecule has 2 aliphatic rings. The molecule has 0 saturated carbocycles. The van der Waals surface area contributed by atoms with Crippen LogP contribution < -0.4 is 9.80 Å². The zero-order valence-corrected chi connectivity index (χ0v) is 17.9. The van der Waals surface area contributed by atoms with Gasteiger partial charge in [-0.1, -0.05) is 18.2 Å². The third-order valence-corrected chi connectivity index (χ3v) is 6.78. The van der Waals surface area contributed by atoms with E-state index in [1.54, 1.807) is 11.3 Å². The van der Waals surface area contributed by atoms with Crippen LogP contribution >= 0.6 is 11.3 Å². The quantitative estimate of drug-likeness (QED) is 0.646. The van der Waals surface area contributed by atoms with Gasteiger partial charge in [0.05, 0.1) is 18.1 Å². The molecule has 2 aromatic heterocycles. The molecule has 2 aliphatic heterocycles. The second kappa shape index (κ2) is 8.20. The van der Waals surface area contributed by atoms with E-state index in [2.05, 4.69) is 38.0 Å². The number of rotatable bonds is 3. The highest BCUT2D eigenvalue weighted by molar-refractivity contribution is 7.20. The number of hydrogen-bond acceptors (Lipinski definition) is 7. The number of aryl methyl sites for hydroxylation is 1. The van der Waals surface area contributed by atoms with E-state index in [1.165, 1.54) is 0 Å². The van der Waals surface area contributed by atoms with Crippen molar-refractivity contribution in [3.05, 3.63) is 47.1 Å². The van der Waals surface area contributed by atoms with Gasteiger partial charge in [-0.2, -0.15) is 0 Å². The van der Waals surface area contributed by atoms with Crippen molar-refractivity contribution in [2.45, 2.75) is 6.92 Å². The number of carbonyl (C=O) groups excluding carboxylic acids is 1. The van der Waals surface area contributed by atoms with Crippen LogP contribution in [0.3, 0.4) is 0 Å². The first-order valence-electron chi connectivity index (χ1n) is 10.4. The number of piperazine rings is 1.